The van der Waals surface area contributed by atoms with Crippen LogP contribution in [0.1, 0.15) is 16.1 Å². The third-order valence-electron chi connectivity index (χ3n) is 2.24. The number of anilines is 1. The first-order valence-electron chi connectivity index (χ1n) is 4.88. The maximum absolute atomic E-state index is 12.8. The number of pyridine rings is 1. The van der Waals surface area contributed by atoms with Crippen LogP contribution in [0.15, 0.2) is 18.5 Å². The summed E-state index contributed by atoms with van der Waals surface area (Å²) in [5.41, 5.74) is 9.15. The third kappa shape index (κ3) is 2.50. The number of halogens is 3. The van der Waals surface area contributed by atoms with Crippen molar-refractivity contribution in [2.45, 2.75) is 6.18 Å². The molecular formula is C10H7F3N4OS. The Morgan fingerprint density at radius 1 is 1.37 bits per heavy atom. The van der Waals surface area contributed by atoms with Crippen LogP contribution >= 0.6 is 11.3 Å². The van der Waals surface area contributed by atoms with Gasteiger partial charge in [0.25, 0.3) is 5.91 Å². The SMILES string of the molecule is NC(=O)c1nc(-c2ccncc2C(F)(F)F)sc1N. The van der Waals surface area contributed by atoms with E-state index in [0.717, 1.165) is 17.4 Å². The molecule has 0 fully saturated rings. The first-order chi connectivity index (χ1) is 8.80. The van der Waals surface area contributed by atoms with E-state index in [0.29, 0.717) is 6.20 Å². The highest BCUT2D eigenvalue weighted by molar-refractivity contribution is 7.19. The summed E-state index contributed by atoms with van der Waals surface area (Å²) in [5, 5.41) is -0.0477. The Bertz CT molecular complexity index is 638. The molecule has 0 aliphatic rings. The fourth-order valence-electron chi connectivity index (χ4n) is 1.43. The molecule has 2 aromatic rings. The van der Waals surface area contributed by atoms with Crippen molar-refractivity contribution in [2.75, 3.05) is 5.73 Å². The molecule has 1 amide bonds. The smallest absolute Gasteiger partial charge is 0.389 e. The molecule has 2 aromatic heterocycles. The van der Waals surface area contributed by atoms with Crippen molar-refractivity contribution in [3.8, 4) is 10.6 Å². The van der Waals surface area contributed by atoms with E-state index in [1.165, 1.54) is 6.20 Å². The normalized spacial score (nSPS) is 11.5. The van der Waals surface area contributed by atoms with Gasteiger partial charge in [0.05, 0.1) is 5.56 Å². The molecule has 0 aliphatic carbocycles. The van der Waals surface area contributed by atoms with Crippen molar-refractivity contribution in [3.05, 3.63) is 29.7 Å². The molecule has 0 spiro atoms. The first kappa shape index (κ1) is 13.3. The molecule has 0 radical (unpaired) electrons. The fourth-order valence-corrected chi connectivity index (χ4v) is 2.31. The van der Waals surface area contributed by atoms with E-state index in [1.54, 1.807) is 0 Å². The van der Waals surface area contributed by atoms with E-state index < -0.39 is 17.6 Å². The molecule has 0 unspecified atom stereocenters. The van der Waals surface area contributed by atoms with Gasteiger partial charge in [-0.15, -0.1) is 0 Å². The van der Waals surface area contributed by atoms with Crippen LogP contribution in [0.25, 0.3) is 10.6 Å². The number of thiazole rings is 1. The molecule has 0 aromatic carbocycles. The Hall–Kier alpha value is -2.16. The fraction of sp³-hybridized carbons (Fsp3) is 0.100. The van der Waals surface area contributed by atoms with E-state index >= 15 is 0 Å². The molecule has 5 nitrogen and oxygen atoms in total. The number of rotatable bonds is 2. The molecular weight excluding hydrogens is 281 g/mol. The Morgan fingerprint density at radius 3 is 2.58 bits per heavy atom. The molecule has 4 N–H and O–H groups in total. The van der Waals surface area contributed by atoms with Crippen molar-refractivity contribution in [1.29, 1.82) is 0 Å². The number of carbonyl (C=O) groups excluding carboxylic acids is 1. The summed E-state index contributed by atoms with van der Waals surface area (Å²) in [5.74, 6) is -0.886. The van der Waals surface area contributed by atoms with Gasteiger partial charge in [0, 0.05) is 18.0 Å². The number of nitrogen functional groups attached to an aromatic ring is 1. The lowest BCUT2D eigenvalue weighted by atomic mass is 10.1. The monoisotopic (exact) mass is 288 g/mol. The highest BCUT2D eigenvalue weighted by Gasteiger charge is 2.35. The van der Waals surface area contributed by atoms with Gasteiger partial charge in [-0.25, -0.2) is 4.98 Å². The number of hydrogen-bond donors (Lipinski definition) is 2. The Morgan fingerprint density at radius 2 is 2.05 bits per heavy atom. The summed E-state index contributed by atoms with van der Waals surface area (Å²) >= 11 is 0.764. The molecule has 9 heteroatoms. The van der Waals surface area contributed by atoms with Crippen LogP contribution in [0.4, 0.5) is 18.2 Å². The maximum atomic E-state index is 12.8. The average molecular weight is 288 g/mol. The lowest BCUT2D eigenvalue weighted by Gasteiger charge is -2.09. The van der Waals surface area contributed by atoms with Gasteiger partial charge in [-0.05, 0) is 6.07 Å². The molecule has 0 atom stereocenters. The summed E-state index contributed by atoms with van der Waals surface area (Å²) in [7, 11) is 0. The molecule has 0 saturated heterocycles. The highest BCUT2D eigenvalue weighted by atomic mass is 32.1. The number of alkyl halides is 3. The minimum absolute atomic E-state index is 0.0209. The number of aromatic nitrogens is 2. The van der Waals surface area contributed by atoms with E-state index in [4.69, 9.17) is 11.5 Å². The first-order valence-corrected chi connectivity index (χ1v) is 5.70. The summed E-state index contributed by atoms with van der Waals surface area (Å²) in [4.78, 5) is 18.2. The van der Waals surface area contributed by atoms with Crippen LogP contribution in [0.3, 0.4) is 0 Å². The number of nitrogens with zero attached hydrogens (tertiary/aromatic N) is 2. The number of carbonyl (C=O) groups is 1. The van der Waals surface area contributed by atoms with Crippen LogP contribution in [0, 0.1) is 0 Å². The van der Waals surface area contributed by atoms with Gasteiger partial charge >= 0.3 is 6.18 Å². The maximum Gasteiger partial charge on any atom is 0.418 e. The van der Waals surface area contributed by atoms with Gasteiger partial charge in [0.1, 0.15) is 10.0 Å². The largest absolute Gasteiger partial charge is 0.418 e. The molecule has 19 heavy (non-hydrogen) atoms. The molecule has 0 saturated carbocycles. The van der Waals surface area contributed by atoms with Crippen molar-refractivity contribution in [3.63, 3.8) is 0 Å². The van der Waals surface area contributed by atoms with Gasteiger partial charge < -0.3 is 11.5 Å². The van der Waals surface area contributed by atoms with Crippen LogP contribution in [0.2, 0.25) is 0 Å². The third-order valence-corrected chi connectivity index (χ3v) is 3.16. The summed E-state index contributed by atoms with van der Waals surface area (Å²) in [6.45, 7) is 0. The second kappa shape index (κ2) is 4.50. The van der Waals surface area contributed by atoms with Crippen LogP contribution in [-0.4, -0.2) is 15.9 Å². The van der Waals surface area contributed by atoms with Gasteiger partial charge in [0.2, 0.25) is 0 Å². The number of primary amides is 1. The van der Waals surface area contributed by atoms with E-state index in [9.17, 15) is 18.0 Å². The summed E-state index contributed by atoms with van der Waals surface area (Å²) in [6, 6.07) is 1.16. The number of amides is 1. The van der Waals surface area contributed by atoms with Crippen molar-refractivity contribution >= 4 is 22.2 Å². The van der Waals surface area contributed by atoms with Crippen LogP contribution < -0.4 is 11.5 Å². The Kier molecular flexibility index (Phi) is 3.14. The second-order valence-corrected chi connectivity index (χ2v) is 4.55. The standard InChI is InChI=1S/C10H7F3N4OS/c11-10(12,13)5-3-16-2-1-4(5)9-17-6(7(14)18)8(15)19-9/h1-3H,15H2,(H2,14,18). The van der Waals surface area contributed by atoms with E-state index in [2.05, 4.69) is 9.97 Å². The zero-order valence-corrected chi connectivity index (χ0v) is 10.0. The van der Waals surface area contributed by atoms with Gasteiger partial charge in [0.15, 0.2) is 5.69 Å². The summed E-state index contributed by atoms with van der Waals surface area (Å²) in [6.07, 6.45) is -2.68. The minimum Gasteiger partial charge on any atom is -0.389 e. The van der Waals surface area contributed by atoms with Crippen molar-refractivity contribution < 1.29 is 18.0 Å². The molecule has 100 valence electrons. The average Bonchev–Trinajstić information content (AvgIpc) is 2.70. The van der Waals surface area contributed by atoms with Crippen molar-refractivity contribution in [2.24, 2.45) is 5.73 Å². The summed E-state index contributed by atoms with van der Waals surface area (Å²) < 4.78 is 38.4. The molecule has 0 bridgehead atoms. The second-order valence-electron chi connectivity index (χ2n) is 3.52. The van der Waals surface area contributed by atoms with E-state index in [-0.39, 0.29) is 21.3 Å². The lowest BCUT2D eigenvalue weighted by molar-refractivity contribution is -0.137. The molecule has 0 aliphatic heterocycles. The topological polar surface area (TPSA) is 94.9 Å². The van der Waals surface area contributed by atoms with Crippen molar-refractivity contribution in [1.82, 2.24) is 9.97 Å². The van der Waals surface area contributed by atoms with E-state index in [1.807, 2.05) is 0 Å². The predicted octanol–water partition coefficient (Wildman–Crippen LogP) is 1.91. The molecule has 2 heterocycles. The Balaban J connectivity index is 2.60. The number of hydrogen-bond acceptors (Lipinski definition) is 5. The van der Waals surface area contributed by atoms with Crippen LogP contribution in [-0.2, 0) is 6.18 Å². The van der Waals surface area contributed by atoms with Crippen LogP contribution in [0.5, 0.6) is 0 Å². The minimum atomic E-state index is -4.57. The number of nitrogens with two attached hydrogens (primary N) is 2. The predicted molar refractivity (Wildman–Crippen MR) is 63.3 cm³/mol. The Labute approximate surface area is 109 Å². The van der Waals surface area contributed by atoms with Gasteiger partial charge in [-0.2, -0.15) is 13.2 Å². The molecule has 2 rings (SSSR count). The quantitative estimate of drug-likeness (QED) is 0.882. The lowest BCUT2D eigenvalue weighted by Crippen LogP contribution is -2.13. The zero-order valence-electron chi connectivity index (χ0n) is 9.23. The highest BCUT2D eigenvalue weighted by Crippen LogP contribution is 2.39. The van der Waals surface area contributed by atoms with Gasteiger partial charge in [-0.1, -0.05) is 11.3 Å². The zero-order chi connectivity index (χ0) is 14.2. The van der Waals surface area contributed by atoms with Gasteiger partial charge in [-0.3, -0.25) is 9.78 Å².